The molecule has 206 valence electrons. The van der Waals surface area contributed by atoms with Crippen LogP contribution >= 0.6 is 26.9 Å². The number of ether oxygens (including phenoxy) is 2. The first-order valence-electron chi connectivity index (χ1n) is 11.2. The van der Waals surface area contributed by atoms with Crippen LogP contribution in [0.4, 0.5) is 0 Å². The van der Waals surface area contributed by atoms with E-state index in [1.807, 2.05) is 0 Å². The number of rotatable bonds is 15. The summed E-state index contributed by atoms with van der Waals surface area (Å²) < 4.78 is 52.2. The van der Waals surface area contributed by atoms with Gasteiger partial charge in [0, 0.05) is 10.6 Å². The topological polar surface area (TPSA) is 167 Å². The summed E-state index contributed by atoms with van der Waals surface area (Å²) in [6.45, 7) is 8.86. The fraction of sp³-hybridized carbons (Fsp3) is 0.619. The number of aliphatic hydroxyl groups is 1. The molecule has 1 aromatic rings. The summed E-state index contributed by atoms with van der Waals surface area (Å²) >= 11 is 6.23. The summed E-state index contributed by atoms with van der Waals surface area (Å²) in [4.78, 5) is 36.0. The number of hydrogen-bond donors (Lipinski definition) is 3. The van der Waals surface area contributed by atoms with Crippen molar-refractivity contribution >= 4 is 38.9 Å². The van der Waals surface area contributed by atoms with Gasteiger partial charge in [-0.2, -0.15) is 0 Å². The van der Waals surface area contributed by atoms with Crippen LogP contribution in [0, 0.1) is 0 Å². The third-order valence-electron chi connectivity index (χ3n) is 4.13. The van der Waals surface area contributed by atoms with Crippen molar-refractivity contribution in [3.63, 3.8) is 0 Å². The molecule has 3 N–H and O–H groups in total. The third kappa shape index (κ3) is 9.85. The Kier molecular flexibility index (Phi) is 13.2. The number of aliphatic hydroxyl groups excluding tert-OH is 1. The van der Waals surface area contributed by atoms with Crippen LogP contribution in [0.2, 0.25) is 5.02 Å². The summed E-state index contributed by atoms with van der Waals surface area (Å²) in [7, 11) is -9.37. The lowest BCUT2D eigenvalue weighted by atomic mass is 10.2. The molecule has 0 fully saturated rings. The van der Waals surface area contributed by atoms with Crippen molar-refractivity contribution in [1.29, 1.82) is 0 Å². The molecular formula is C21H34ClNO11P2. The highest BCUT2D eigenvalue weighted by atomic mass is 35.5. The second kappa shape index (κ2) is 14.6. The highest BCUT2D eigenvalue weighted by molar-refractivity contribution is 7.56. The minimum atomic E-state index is -5.17. The Labute approximate surface area is 215 Å². The maximum Gasteiger partial charge on any atom is 0.406 e. The average Bonchev–Trinajstić information content (AvgIpc) is 2.75. The van der Waals surface area contributed by atoms with E-state index in [0.717, 1.165) is 0 Å². The number of nitrogens with one attached hydrogen (secondary N) is 1. The van der Waals surface area contributed by atoms with Gasteiger partial charge in [-0.15, -0.1) is 0 Å². The fourth-order valence-corrected chi connectivity index (χ4v) is 6.69. The smallest absolute Gasteiger partial charge is 0.406 e. The molecule has 0 heterocycles. The molecule has 0 spiro atoms. The number of halogens is 1. The molecule has 0 aliphatic rings. The number of carbonyl (C=O) groups excluding carboxylic acids is 2. The number of benzene rings is 1. The Morgan fingerprint density at radius 1 is 0.972 bits per heavy atom. The first-order chi connectivity index (χ1) is 16.7. The molecule has 0 aliphatic heterocycles. The van der Waals surface area contributed by atoms with Gasteiger partial charge in [0.25, 0.3) is 0 Å². The minimum absolute atomic E-state index is 0.0199. The molecule has 0 saturated heterocycles. The molecule has 0 aromatic heterocycles. The first kappa shape index (κ1) is 32.7. The Balaban J connectivity index is 3.54. The van der Waals surface area contributed by atoms with Crippen molar-refractivity contribution < 1.29 is 51.8 Å². The largest absolute Gasteiger partial charge is 0.461 e. The highest BCUT2D eigenvalue weighted by Crippen LogP contribution is 2.61. The van der Waals surface area contributed by atoms with Gasteiger partial charge in [-0.25, -0.2) is 19.2 Å². The molecule has 0 saturated carbocycles. The van der Waals surface area contributed by atoms with E-state index in [2.05, 4.69) is 5.09 Å². The summed E-state index contributed by atoms with van der Waals surface area (Å²) in [6.07, 6.45) is -5.99. The molecule has 12 nitrogen and oxygen atoms in total. The van der Waals surface area contributed by atoms with Crippen molar-refractivity contribution in [2.45, 2.75) is 71.7 Å². The Morgan fingerprint density at radius 3 is 1.94 bits per heavy atom. The van der Waals surface area contributed by atoms with Gasteiger partial charge in [0.2, 0.25) is 6.10 Å². The molecule has 36 heavy (non-hydrogen) atoms. The van der Waals surface area contributed by atoms with Gasteiger partial charge in [-0.05, 0) is 47.6 Å². The van der Waals surface area contributed by atoms with Gasteiger partial charge in [-0.1, -0.05) is 29.8 Å². The molecule has 0 amide bonds. The molecule has 0 aliphatic carbocycles. The van der Waals surface area contributed by atoms with Crippen molar-refractivity contribution in [3.8, 4) is 0 Å². The minimum Gasteiger partial charge on any atom is -0.461 e. The molecule has 1 rings (SSSR count). The average molecular weight is 574 g/mol. The van der Waals surface area contributed by atoms with Crippen molar-refractivity contribution in [3.05, 3.63) is 34.9 Å². The Bertz CT molecular complexity index is 965. The Morgan fingerprint density at radius 2 is 1.47 bits per heavy atom. The van der Waals surface area contributed by atoms with Crippen LogP contribution in [-0.2, 0) is 41.8 Å². The molecule has 0 bridgehead atoms. The molecular weight excluding hydrogens is 540 g/mol. The van der Waals surface area contributed by atoms with E-state index < -0.39 is 57.5 Å². The van der Waals surface area contributed by atoms with Crippen LogP contribution in [0.3, 0.4) is 0 Å². The molecule has 1 unspecified atom stereocenters. The molecule has 0 radical (unpaired) electrons. The lowest BCUT2D eigenvalue weighted by Crippen LogP contribution is -2.44. The van der Waals surface area contributed by atoms with Gasteiger partial charge < -0.3 is 19.5 Å². The maximum absolute atomic E-state index is 13.6. The number of hydrogen-bond acceptors (Lipinski definition) is 10. The van der Waals surface area contributed by atoms with Crippen LogP contribution < -0.4 is 5.09 Å². The van der Waals surface area contributed by atoms with E-state index >= 15 is 0 Å². The van der Waals surface area contributed by atoms with Crippen LogP contribution in [0.25, 0.3) is 0 Å². The van der Waals surface area contributed by atoms with Crippen molar-refractivity contribution in [2.24, 2.45) is 0 Å². The van der Waals surface area contributed by atoms with Gasteiger partial charge in [-0.3, -0.25) is 18.1 Å². The normalized spacial score (nSPS) is 16.3. The highest BCUT2D eigenvalue weighted by Gasteiger charge is 2.47. The van der Waals surface area contributed by atoms with Crippen LogP contribution in [0.1, 0.15) is 52.9 Å². The summed E-state index contributed by atoms with van der Waals surface area (Å²) in [6, 6.07) is 5.78. The fourth-order valence-electron chi connectivity index (χ4n) is 2.79. The van der Waals surface area contributed by atoms with E-state index in [4.69, 9.17) is 34.6 Å². The predicted molar refractivity (Wildman–Crippen MR) is 131 cm³/mol. The molecule has 1 aromatic carbocycles. The molecule has 15 heteroatoms. The van der Waals surface area contributed by atoms with Gasteiger partial charge in [0.15, 0.2) is 6.10 Å². The number of esters is 2. The zero-order chi connectivity index (χ0) is 27.7. The monoisotopic (exact) mass is 573 g/mol. The maximum atomic E-state index is 13.6. The van der Waals surface area contributed by atoms with E-state index in [1.54, 1.807) is 6.07 Å². The van der Waals surface area contributed by atoms with E-state index in [1.165, 1.54) is 59.7 Å². The van der Waals surface area contributed by atoms with Gasteiger partial charge in [0.1, 0.15) is 5.78 Å². The van der Waals surface area contributed by atoms with Crippen LogP contribution in [0.5, 0.6) is 0 Å². The van der Waals surface area contributed by atoms with Gasteiger partial charge >= 0.3 is 27.3 Å². The zero-order valence-corrected chi connectivity index (χ0v) is 23.5. The summed E-state index contributed by atoms with van der Waals surface area (Å²) in [5, 5.41) is 12.8. The second-order valence-electron chi connectivity index (χ2n) is 7.89. The van der Waals surface area contributed by atoms with E-state index in [0.29, 0.717) is 0 Å². The zero-order valence-electron chi connectivity index (χ0n) is 21.0. The SMILES string of the molecule is CCOP(=O)(N[C@@H](c1ccccc1Cl)P(=O)(O)O[C@@H](C(=O)OC(C)C)[C@@H](O)C(=O)OC(C)C)OCC. The third-order valence-corrected chi connectivity index (χ3v) is 8.04. The van der Waals surface area contributed by atoms with Gasteiger partial charge in [0.05, 0.1) is 25.4 Å². The predicted octanol–water partition coefficient (Wildman–Crippen LogP) is 3.94. The molecule has 4 atom stereocenters. The van der Waals surface area contributed by atoms with E-state index in [9.17, 15) is 28.7 Å². The summed E-state index contributed by atoms with van der Waals surface area (Å²) in [5.41, 5.74) is -0.0557. The standard InChI is InChI=1S/C21H34ClNO11P2/c1-7-30-36(29,31-8-2)23-19(15-11-9-10-12-16(15)22)35(27,28)34-18(21(26)33-14(5)6)17(24)20(25)32-13(3)4/h9-14,17-19,24H,7-8H2,1-6H3,(H,23,29)(H,27,28)/t17-,18-,19-/m1/s1. The summed E-state index contributed by atoms with van der Waals surface area (Å²) in [5.74, 6) is -4.46. The number of carbonyl (C=O) groups is 2. The Hall–Kier alpha value is -1.33. The quantitative estimate of drug-likeness (QED) is 0.204. The van der Waals surface area contributed by atoms with Crippen molar-refractivity contribution in [1.82, 2.24) is 5.09 Å². The first-order valence-corrected chi connectivity index (χ1v) is 14.7. The van der Waals surface area contributed by atoms with Crippen LogP contribution in [-0.4, -0.2) is 59.6 Å². The lowest BCUT2D eigenvalue weighted by molar-refractivity contribution is -0.175. The second-order valence-corrected chi connectivity index (χ2v) is 11.9. The van der Waals surface area contributed by atoms with Crippen molar-refractivity contribution in [2.75, 3.05) is 13.2 Å². The van der Waals surface area contributed by atoms with Crippen LogP contribution in [0.15, 0.2) is 24.3 Å². The lowest BCUT2D eigenvalue weighted by Gasteiger charge is -2.31. The van der Waals surface area contributed by atoms with E-state index in [-0.39, 0.29) is 23.8 Å².